The highest BCUT2D eigenvalue weighted by Crippen LogP contribution is 2.22. The van der Waals surface area contributed by atoms with E-state index in [1.165, 1.54) is 5.56 Å². The van der Waals surface area contributed by atoms with Gasteiger partial charge in [0.1, 0.15) is 0 Å². The molecule has 1 aliphatic rings. The van der Waals surface area contributed by atoms with Gasteiger partial charge in [0, 0.05) is 31.1 Å². The van der Waals surface area contributed by atoms with Gasteiger partial charge in [-0.1, -0.05) is 32.0 Å². The lowest BCUT2D eigenvalue weighted by Crippen LogP contribution is -2.36. The lowest BCUT2D eigenvalue weighted by molar-refractivity contribution is 0.0733. The van der Waals surface area contributed by atoms with Crippen LogP contribution in [0.5, 0.6) is 5.88 Å². The molecule has 126 valence electrons. The van der Waals surface area contributed by atoms with Crippen molar-refractivity contribution in [3.05, 3.63) is 58.8 Å². The minimum Gasteiger partial charge on any atom is -0.478 e. The summed E-state index contributed by atoms with van der Waals surface area (Å²) in [5, 5.41) is 0. The number of nitrogens with zero attached hydrogens (tertiary/aromatic N) is 2. The van der Waals surface area contributed by atoms with E-state index < -0.39 is 0 Å². The predicted octanol–water partition coefficient (Wildman–Crippen LogP) is 3.80. The Balaban J connectivity index is 1.73. The zero-order valence-corrected chi connectivity index (χ0v) is 14.6. The van der Waals surface area contributed by atoms with Crippen LogP contribution >= 0.6 is 0 Å². The van der Waals surface area contributed by atoms with Crippen molar-refractivity contribution < 1.29 is 9.53 Å². The van der Waals surface area contributed by atoms with Crippen LogP contribution < -0.4 is 4.74 Å². The zero-order valence-electron chi connectivity index (χ0n) is 14.6. The predicted molar refractivity (Wildman–Crippen MR) is 94.4 cm³/mol. The Morgan fingerprint density at radius 2 is 1.96 bits per heavy atom. The average molecular weight is 324 g/mol. The number of aromatic nitrogens is 1. The van der Waals surface area contributed by atoms with Crippen LogP contribution in [0.4, 0.5) is 0 Å². The molecule has 0 radical (unpaired) electrons. The summed E-state index contributed by atoms with van der Waals surface area (Å²) >= 11 is 0. The molecule has 0 unspecified atom stereocenters. The third-order valence-corrected chi connectivity index (χ3v) is 4.43. The van der Waals surface area contributed by atoms with Crippen LogP contribution in [0.1, 0.15) is 53.9 Å². The van der Waals surface area contributed by atoms with Crippen molar-refractivity contribution in [1.29, 1.82) is 0 Å². The number of carbonyl (C=O) groups is 1. The molecule has 1 aromatic heterocycles. The third-order valence-electron chi connectivity index (χ3n) is 4.43. The van der Waals surface area contributed by atoms with Gasteiger partial charge < -0.3 is 9.64 Å². The Kier molecular flexibility index (Phi) is 4.84. The summed E-state index contributed by atoms with van der Waals surface area (Å²) in [6, 6.07) is 11.9. The first-order valence-corrected chi connectivity index (χ1v) is 8.59. The first-order valence-electron chi connectivity index (χ1n) is 8.59. The van der Waals surface area contributed by atoms with Crippen LogP contribution in [0.15, 0.2) is 36.4 Å². The Hall–Kier alpha value is -2.36. The van der Waals surface area contributed by atoms with Gasteiger partial charge in [0.15, 0.2) is 0 Å². The van der Waals surface area contributed by atoms with Crippen molar-refractivity contribution in [2.45, 2.75) is 39.7 Å². The summed E-state index contributed by atoms with van der Waals surface area (Å²) in [4.78, 5) is 19.2. The maximum absolute atomic E-state index is 12.7. The quantitative estimate of drug-likeness (QED) is 0.859. The van der Waals surface area contributed by atoms with E-state index in [1.54, 1.807) is 0 Å². The van der Waals surface area contributed by atoms with Gasteiger partial charge >= 0.3 is 0 Å². The third kappa shape index (κ3) is 3.42. The van der Waals surface area contributed by atoms with Crippen molar-refractivity contribution in [2.75, 3.05) is 13.2 Å². The Morgan fingerprint density at radius 3 is 2.62 bits per heavy atom. The first kappa shape index (κ1) is 16.5. The molecule has 2 heterocycles. The Morgan fingerprint density at radius 1 is 1.21 bits per heavy atom. The second-order valence-electron chi connectivity index (χ2n) is 6.44. The van der Waals surface area contributed by atoms with Crippen LogP contribution in [-0.4, -0.2) is 28.9 Å². The maximum atomic E-state index is 12.7. The Labute approximate surface area is 143 Å². The van der Waals surface area contributed by atoms with Gasteiger partial charge in [0.05, 0.1) is 12.3 Å². The molecule has 0 atom stereocenters. The van der Waals surface area contributed by atoms with Gasteiger partial charge in [0.25, 0.3) is 5.91 Å². The molecule has 1 aliphatic heterocycles. The molecule has 2 aromatic rings. The molecule has 0 aliphatic carbocycles. The van der Waals surface area contributed by atoms with Gasteiger partial charge in [-0.05, 0) is 36.1 Å². The number of rotatable bonds is 4. The molecule has 1 aromatic carbocycles. The summed E-state index contributed by atoms with van der Waals surface area (Å²) in [7, 11) is 0. The summed E-state index contributed by atoms with van der Waals surface area (Å²) in [6.07, 6.45) is 0.770. The number of benzene rings is 1. The van der Waals surface area contributed by atoms with E-state index >= 15 is 0 Å². The zero-order chi connectivity index (χ0) is 17.1. The van der Waals surface area contributed by atoms with Gasteiger partial charge in [-0.15, -0.1) is 0 Å². The van der Waals surface area contributed by atoms with Crippen molar-refractivity contribution in [1.82, 2.24) is 9.88 Å². The molecule has 0 spiro atoms. The standard InChI is InChI=1S/C20H24N2O2/c1-4-24-19-10-9-17-13-22(12-11-18(17)21-19)20(23)16-7-5-15(6-8-16)14(2)3/h5-10,14H,4,11-13H2,1-3H3. The maximum Gasteiger partial charge on any atom is 0.254 e. The van der Waals surface area contributed by atoms with Crippen molar-refractivity contribution in [2.24, 2.45) is 0 Å². The second-order valence-corrected chi connectivity index (χ2v) is 6.44. The Bertz CT molecular complexity index is 723. The van der Waals surface area contributed by atoms with Gasteiger partial charge in [-0.3, -0.25) is 4.79 Å². The molecule has 3 rings (SSSR count). The molecule has 0 bridgehead atoms. The molecule has 0 saturated heterocycles. The minimum absolute atomic E-state index is 0.0878. The number of carbonyl (C=O) groups excluding carboxylic acids is 1. The highest BCUT2D eigenvalue weighted by atomic mass is 16.5. The number of ether oxygens (including phenoxy) is 1. The average Bonchev–Trinajstić information content (AvgIpc) is 2.61. The fourth-order valence-electron chi connectivity index (χ4n) is 2.99. The lowest BCUT2D eigenvalue weighted by atomic mass is 10.0. The summed E-state index contributed by atoms with van der Waals surface area (Å²) in [6.45, 7) is 8.18. The van der Waals surface area contributed by atoms with Crippen molar-refractivity contribution in [3.63, 3.8) is 0 Å². The largest absolute Gasteiger partial charge is 0.478 e. The topological polar surface area (TPSA) is 42.4 Å². The van der Waals surface area contributed by atoms with Gasteiger partial charge in [0.2, 0.25) is 5.88 Å². The summed E-state index contributed by atoms with van der Waals surface area (Å²) < 4.78 is 5.45. The first-order chi connectivity index (χ1) is 11.6. The number of fused-ring (bicyclic) bond motifs is 1. The number of pyridine rings is 1. The van der Waals surface area contributed by atoms with Crippen LogP contribution in [-0.2, 0) is 13.0 Å². The molecule has 4 nitrogen and oxygen atoms in total. The number of hydrogen-bond acceptors (Lipinski definition) is 3. The molecular weight excluding hydrogens is 300 g/mol. The van der Waals surface area contributed by atoms with E-state index in [0.29, 0.717) is 31.5 Å². The van der Waals surface area contributed by atoms with Crippen molar-refractivity contribution in [3.8, 4) is 5.88 Å². The highest BCUT2D eigenvalue weighted by Gasteiger charge is 2.23. The van der Waals surface area contributed by atoms with E-state index in [0.717, 1.165) is 23.2 Å². The molecule has 0 fully saturated rings. The lowest BCUT2D eigenvalue weighted by Gasteiger charge is -2.28. The van der Waals surface area contributed by atoms with Crippen molar-refractivity contribution >= 4 is 5.91 Å². The molecule has 1 amide bonds. The van der Waals surface area contributed by atoms with E-state index in [1.807, 2.05) is 48.2 Å². The van der Waals surface area contributed by atoms with Crippen LogP contribution in [0, 0.1) is 0 Å². The molecule has 4 heteroatoms. The number of amides is 1. The monoisotopic (exact) mass is 324 g/mol. The van der Waals surface area contributed by atoms with E-state index in [4.69, 9.17) is 4.74 Å². The van der Waals surface area contributed by atoms with Crippen LogP contribution in [0.25, 0.3) is 0 Å². The summed E-state index contributed by atoms with van der Waals surface area (Å²) in [5.41, 5.74) is 4.15. The fourth-order valence-corrected chi connectivity index (χ4v) is 2.99. The second kappa shape index (κ2) is 7.04. The van der Waals surface area contributed by atoms with Crippen LogP contribution in [0.2, 0.25) is 0 Å². The fraction of sp³-hybridized carbons (Fsp3) is 0.400. The normalized spacial score (nSPS) is 13.8. The van der Waals surface area contributed by atoms with E-state index in [2.05, 4.69) is 18.8 Å². The van der Waals surface area contributed by atoms with Gasteiger partial charge in [-0.2, -0.15) is 0 Å². The van der Waals surface area contributed by atoms with E-state index in [-0.39, 0.29) is 5.91 Å². The SMILES string of the molecule is CCOc1ccc2c(n1)CCN(C(=O)c1ccc(C(C)C)cc1)C2. The molecule has 0 saturated carbocycles. The van der Waals surface area contributed by atoms with Gasteiger partial charge in [-0.25, -0.2) is 4.98 Å². The molecule has 24 heavy (non-hydrogen) atoms. The number of hydrogen-bond donors (Lipinski definition) is 0. The van der Waals surface area contributed by atoms with Crippen LogP contribution in [0.3, 0.4) is 0 Å². The van der Waals surface area contributed by atoms with E-state index in [9.17, 15) is 4.79 Å². The molecule has 0 N–H and O–H groups in total. The minimum atomic E-state index is 0.0878. The highest BCUT2D eigenvalue weighted by molar-refractivity contribution is 5.94. The smallest absolute Gasteiger partial charge is 0.254 e. The molecular formula is C20H24N2O2. The summed E-state index contributed by atoms with van der Waals surface area (Å²) in [5.74, 6) is 1.23.